The quantitative estimate of drug-likeness (QED) is 0.242. The van der Waals surface area contributed by atoms with Crippen LogP contribution in [0.3, 0.4) is 0 Å². The van der Waals surface area contributed by atoms with Crippen LogP contribution < -0.4 is 20.9 Å². The second-order valence-corrected chi connectivity index (χ2v) is 9.58. The fourth-order valence-corrected chi connectivity index (χ4v) is 4.65. The summed E-state index contributed by atoms with van der Waals surface area (Å²) in [5.74, 6) is 0.0466. The van der Waals surface area contributed by atoms with Crippen molar-refractivity contribution in [3.8, 4) is 34.0 Å². The van der Waals surface area contributed by atoms with Gasteiger partial charge in [-0.15, -0.1) is 18.3 Å². The Morgan fingerprint density at radius 2 is 1.57 bits per heavy atom. The van der Waals surface area contributed by atoms with Crippen molar-refractivity contribution in [2.24, 2.45) is 7.05 Å². The Labute approximate surface area is 237 Å². The highest BCUT2D eigenvalue weighted by molar-refractivity contribution is 6.01. The maximum Gasteiger partial charge on any atom is 0.573 e. The molecule has 5 aromatic rings. The number of rotatable bonds is 6. The lowest BCUT2D eigenvalue weighted by atomic mass is 9.95. The van der Waals surface area contributed by atoms with Gasteiger partial charge in [0.05, 0.1) is 5.69 Å². The monoisotopic (exact) mass is 578 g/mol. The van der Waals surface area contributed by atoms with Crippen LogP contribution in [0, 0.1) is 20.8 Å². The predicted molar refractivity (Wildman–Crippen MR) is 150 cm³/mol. The molecule has 0 aliphatic rings. The standard InChI is InChI=1S/C29H25F3N6O4/c1-16-13-17(2)23(18(3)14-16)24-26(42-37(4)27(24)39)35-28(40)34-20-7-5-19(6-8-20)25-33-15-38(36-25)21-9-11-22(12-10-21)41-29(30,31)32/h5-15H,1-4H3,(H2,34,35,40). The third-order valence-electron chi connectivity index (χ3n) is 6.34. The Morgan fingerprint density at radius 3 is 2.19 bits per heavy atom. The molecule has 0 saturated heterocycles. The van der Waals surface area contributed by atoms with E-state index in [1.807, 2.05) is 32.9 Å². The molecule has 0 unspecified atom stereocenters. The van der Waals surface area contributed by atoms with Gasteiger partial charge in [0.15, 0.2) is 5.82 Å². The molecule has 2 heterocycles. The Kier molecular flexibility index (Phi) is 7.33. The number of alkyl halides is 3. The molecule has 0 saturated carbocycles. The van der Waals surface area contributed by atoms with Gasteiger partial charge in [-0.2, -0.15) is 4.74 Å². The van der Waals surface area contributed by atoms with Crippen LogP contribution in [0.4, 0.5) is 29.5 Å². The maximum atomic E-state index is 12.9. The first kappa shape index (κ1) is 28.2. The molecule has 0 aliphatic heterocycles. The van der Waals surface area contributed by atoms with Gasteiger partial charge in [-0.05, 0) is 86.0 Å². The number of halogens is 3. The first-order chi connectivity index (χ1) is 19.9. The van der Waals surface area contributed by atoms with Crippen molar-refractivity contribution < 1.29 is 27.2 Å². The van der Waals surface area contributed by atoms with Crippen LogP contribution in [0.1, 0.15) is 16.7 Å². The number of aryl methyl sites for hydroxylation is 4. The zero-order chi connectivity index (χ0) is 30.2. The number of nitrogens with one attached hydrogen (secondary N) is 2. The van der Waals surface area contributed by atoms with E-state index in [1.54, 1.807) is 24.3 Å². The second-order valence-electron chi connectivity index (χ2n) is 9.58. The lowest BCUT2D eigenvalue weighted by Crippen LogP contribution is -2.20. The topological polar surface area (TPSA) is 116 Å². The lowest BCUT2D eigenvalue weighted by Gasteiger charge is -2.11. The molecule has 0 radical (unpaired) electrons. The molecule has 2 N–H and O–H groups in total. The first-order valence-electron chi connectivity index (χ1n) is 12.6. The molecular formula is C29H25F3N6O4. The van der Waals surface area contributed by atoms with Crippen LogP contribution >= 0.6 is 0 Å². The Morgan fingerprint density at radius 1 is 0.929 bits per heavy atom. The molecule has 0 spiro atoms. The molecule has 10 nitrogen and oxygen atoms in total. The van der Waals surface area contributed by atoms with Gasteiger partial charge in [-0.3, -0.25) is 10.1 Å². The second kappa shape index (κ2) is 10.9. The maximum absolute atomic E-state index is 12.9. The molecule has 0 atom stereocenters. The van der Waals surface area contributed by atoms with Gasteiger partial charge < -0.3 is 14.6 Å². The summed E-state index contributed by atoms with van der Waals surface area (Å²) in [4.78, 5) is 30.0. The van der Waals surface area contributed by atoms with Crippen molar-refractivity contribution in [2.45, 2.75) is 27.1 Å². The molecule has 42 heavy (non-hydrogen) atoms. The Hall–Kier alpha value is -5.33. The highest BCUT2D eigenvalue weighted by Crippen LogP contribution is 2.32. The number of hydrogen-bond donors (Lipinski definition) is 2. The fraction of sp³-hybridized carbons (Fsp3) is 0.172. The summed E-state index contributed by atoms with van der Waals surface area (Å²) in [6.07, 6.45) is -3.35. The number of ether oxygens (including phenoxy) is 1. The van der Waals surface area contributed by atoms with E-state index in [-0.39, 0.29) is 22.8 Å². The average molecular weight is 579 g/mol. The molecule has 13 heteroatoms. The van der Waals surface area contributed by atoms with Gasteiger partial charge in [0.25, 0.3) is 5.56 Å². The van der Waals surface area contributed by atoms with Crippen molar-refractivity contribution in [3.63, 3.8) is 0 Å². The Bertz CT molecular complexity index is 1800. The molecule has 2 amide bonds. The van der Waals surface area contributed by atoms with Gasteiger partial charge >= 0.3 is 12.4 Å². The average Bonchev–Trinajstić information content (AvgIpc) is 3.49. The first-order valence-corrected chi connectivity index (χ1v) is 12.6. The summed E-state index contributed by atoms with van der Waals surface area (Å²) in [7, 11) is 1.47. The number of anilines is 2. The number of nitrogens with zero attached hydrogens (tertiary/aromatic N) is 4. The molecule has 0 bridgehead atoms. The van der Waals surface area contributed by atoms with E-state index in [9.17, 15) is 22.8 Å². The number of carbonyl (C=O) groups excluding carboxylic acids is 1. The minimum Gasteiger partial charge on any atom is -0.406 e. The number of aromatic nitrogens is 4. The van der Waals surface area contributed by atoms with Crippen LogP contribution in [0.5, 0.6) is 5.75 Å². The molecule has 0 aliphatic carbocycles. The minimum absolute atomic E-state index is 0.0272. The van der Waals surface area contributed by atoms with Crippen LogP contribution in [0.15, 0.2) is 76.3 Å². The normalized spacial score (nSPS) is 11.4. The van der Waals surface area contributed by atoms with E-state index in [4.69, 9.17) is 4.52 Å². The van der Waals surface area contributed by atoms with E-state index < -0.39 is 12.4 Å². The van der Waals surface area contributed by atoms with Crippen molar-refractivity contribution in [1.82, 2.24) is 19.5 Å². The smallest absolute Gasteiger partial charge is 0.406 e. The van der Waals surface area contributed by atoms with Gasteiger partial charge in [0.2, 0.25) is 5.88 Å². The third kappa shape index (κ3) is 6.04. The van der Waals surface area contributed by atoms with E-state index in [0.717, 1.165) is 21.4 Å². The van der Waals surface area contributed by atoms with Crippen molar-refractivity contribution in [1.29, 1.82) is 0 Å². The van der Waals surface area contributed by atoms with E-state index in [0.29, 0.717) is 28.3 Å². The van der Waals surface area contributed by atoms with Crippen LogP contribution in [-0.2, 0) is 7.05 Å². The molecule has 216 valence electrons. The van der Waals surface area contributed by atoms with Gasteiger partial charge in [-0.25, -0.2) is 14.5 Å². The summed E-state index contributed by atoms with van der Waals surface area (Å²) in [6.45, 7) is 5.76. The van der Waals surface area contributed by atoms with E-state index >= 15 is 0 Å². The molecule has 5 rings (SSSR count). The van der Waals surface area contributed by atoms with Gasteiger partial charge in [-0.1, -0.05) is 17.7 Å². The third-order valence-corrected chi connectivity index (χ3v) is 6.34. The van der Waals surface area contributed by atoms with Gasteiger partial charge in [0.1, 0.15) is 17.6 Å². The number of amides is 2. The summed E-state index contributed by atoms with van der Waals surface area (Å²) >= 11 is 0. The number of urea groups is 1. The van der Waals surface area contributed by atoms with Crippen LogP contribution in [0.2, 0.25) is 0 Å². The lowest BCUT2D eigenvalue weighted by molar-refractivity contribution is -0.274. The molecular weight excluding hydrogens is 553 g/mol. The van der Waals surface area contributed by atoms with Crippen LogP contribution in [-0.4, -0.2) is 31.9 Å². The summed E-state index contributed by atoms with van der Waals surface area (Å²) in [6, 6.07) is 15.2. The largest absolute Gasteiger partial charge is 0.573 e. The summed E-state index contributed by atoms with van der Waals surface area (Å²) in [5, 5.41) is 9.71. The van der Waals surface area contributed by atoms with E-state index in [2.05, 4.69) is 25.5 Å². The van der Waals surface area contributed by atoms with E-state index in [1.165, 1.54) is 42.3 Å². The minimum atomic E-state index is -4.77. The summed E-state index contributed by atoms with van der Waals surface area (Å²) in [5.41, 5.74) is 5.00. The van der Waals surface area contributed by atoms with Crippen molar-refractivity contribution in [2.75, 3.05) is 10.6 Å². The molecule has 0 fully saturated rings. The summed E-state index contributed by atoms with van der Waals surface area (Å²) < 4.78 is 49.1. The van der Waals surface area contributed by atoms with Crippen molar-refractivity contribution >= 4 is 17.6 Å². The zero-order valence-electron chi connectivity index (χ0n) is 22.9. The SMILES string of the molecule is Cc1cc(C)c(-c2c(NC(=O)Nc3ccc(-c4ncn(-c5ccc(OC(F)(F)F)cc5)n4)cc3)on(C)c2=O)c(C)c1. The Balaban J connectivity index is 1.28. The number of benzene rings is 3. The fourth-order valence-electron chi connectivity index (χ4n) is 4.65. The highest BCUT2D eigenvalue weighted by atomic mass is 19.4. The van der Waals surface area contributed by atoms with Crippen LogP contribution in [0.25, 0.3) is 28.2 Å². The van der Waals surface area contributed by atoms with Gasteiger partial charge in [0, 0.05) is 18.3 Å². The molecule has 3 aromatic carbocycles. The zero-order valence-corrected chi connectivity index (χ0v) is 22.9. The van der Waals surface area contributed by atoms with Crippen molar-refractivity contribution in [3.05, 3.63) is 94.0 Å². The number of hydrogen-bond acceptors (Lipinski definition) is 6. The predicted octanol–water partition coefficient (Wildman–Crippen LogP) is 6.36. The highest BCUT2D eigenvalue weighted by Gasteiger charge is 2.31. The number of carbonyl (C=O) groups is 1. The molecule has 2 aromatic heterocycles.